The van der Waals surface area contributed by atoms with E-state index in [1.54, 1.807) is 16.8 Å². The summed E-state index contributed by atoms with van der Waals surface area (Å²) in [5.74, 6) is 0.610. The molecule has 0 amide bonds. The fraction of sp³-hybridized carbons (Fsp3) is 0.200. The lowest BCUT2D eigenvalue weighted by Gasteiger charge is -1.95. The molecule has 0 bridgehead atoms. The van der Waals surface area contributed by atoms with E-state index in [2.05, 4.69) is 22.0 Å². The Kier molecular flexibility index (Phi) is 2.87. The van der Waals surface area contributed by atoms with E-state index in [4.69, 9.17) is 11.6 Å². The Balaban J connectivity index is 2.19. The Morgan fingerprint density at radius 2 is 2.40 bits per heavy atom. The predicted molar refractivity (Wildman–Crippen MR) is 61.3 cm³/mol. The molecule has 15 heavy (non-hydrogen) atoms. The Bertz CT molecular complexity index is 477. The smallest absolute Gasteiger partial charge is 0.243 e. The van der Waals surface area contributed by atoms with Crippen LogP contribution in [0, 0.1) is 0 Å². The fourth-order valence-corrected chi connectivity index (χ4v) is 1.37. The molecule has 0 aliphatic rings. The second-order valence-corrected chi connectivity index (χ2v) is 3.53. The maximum atomic E-state index is 5.83. The summed E-state index contributed by atoms with van der Waals surface area (Å²) in [6.45, 7) is 4.43. The van der Waals surface area contributed by atoms with E-state index in [9.17, 15) is 0 Å². The third-order valence-electron chi connectivity index (χ3n) is 1.93. The minimum absolute atomic E-state index is 0.610. The number of hydrogen-bond acceptors (Lipinski definition) is 3. The number of halogens is 1. The standard InChI is InChI=1S/C10H11ClN4/c1-2-3-6-12-10-13-9-5-4-8(11)7-15(9)14-10/h2,4-5,7H,1,3,6H2,(H,12,14). The average Bonchev–Trinajstić information content (AvgIpc) is 2.60. The summed E-state index contributed by atoms with van der Waals surface area (Å²) >= 11 is 5.83. The van der Waals surface area contributed by atoms with Crippen LogP contribution < -0.4 is 5.32 Å². The normalized spacial score (nSPS) is 10.5. The van der Waals surface area contributed by atoms with E-state index in [1.165, 1.54) is 0 Å². The zero-order valence-electron chi connectivity index (χ0n) is 8.15. The van der Waals surface area contributed by atoms with Gasteiger partial charge in [0.15, 0.2) is 5.65 Å². The monoisotopic (exact) mass is 222 g/mol. The first-order valence-corrected chi connectivity index (χ1v) is 5.04. The number of fused-ring (bicyclic) bond motifs is 1. The van der Waals surface area contributed by atoms with Crippen molar-refractivity contribution in [1.82, 2.24) is 14.6 Å². The zero-order valence-corrected chi connectivity index (χ0v) is 8.91. The quantitative estimate of drug-likeness (QED) is 0.638. The summed E-state index contributed by atoms with van der Waals surface area (Å²) in [4.78, 5) is 4.27. The lowest BCUT2D eigenvalue weighted by molar-refractivity contribution is 0.945. The fourth-order valence-electron chi connectivity index (χ4n) is 1.22. The summed E-state index contributed by atoms with van der Waals surface area (Å²) < 4.78 is 1.65. The van der Waals surface area contributed by atoms with Crippen LogP contribution in [0.15, 0.2) is 31.0 Å². The topological polar surface area (TPSA) is 42.2 Å². The van der Waals surface area contributed by atoms with E-state index in [0.717, 1.165) is 18.6 Å². The molecule has 0 unspecified atom stereocenters. The molecule has 0 radical (unpaired) electrons. The summed E-state index contributed by atoms with van der Waals surface area (Å²) in [5.41, 5.74) is 0.778. The highest BCUT2D eigenvalue weighted by Gasteiger charge is 2.01. The van der Waals surface area contributed by atoms with E-state index in [-0.39, 0.29) is 0 Å². The second kappa shape index (κ2) is 4.31. The van der Waals surface area contributed by atoms with E-state index >= 15 is 0 Å². The Hall–Kier alpha value is -1.55. The number of nitrogens with one attached hydrogen (secondary N) is 1. The molecule has 4 nitrogen and oxygen atoms in total. The van der Waals surface area contributed by atoms with E-state index < -0.39 is 0 Å². The van der Waals surface area contributed by atoms with Crippen LogP contribution in [0.5, 0.6) is 0 Å². The van der Waals surface area contributed by atoms with Crippen molar-refractivity contribution in [3.8, 4) is 0 Å². The highest BCUT2D eigenvalue weighted by atomic mass is 35.5. The van der Waals surface area contributed by atoms with Crippen LogP contribution in [0.25, 0.3) is 5.65 Å². The van der Waals surface area contributed by atoms with Gasteiger partial charge in [-0.05, 0) is 18.6 Å². The number of aromatic nitrogens is 3. The third kappa shape index (κ3) is 2.27. The number of rotatable bonds is 4. The molecule has 0 aromatic carbocycles. The molecule has 0 saturated carbocycles. The maximum Gasteiger partial charge on any atom is 0.243 e. The summed E-state index contributed by atoms with van der Waals surface area (Å²) in [7, 11) is 0. The molecule has 0 saturated heterocycles. The van der Waals surface area contributed by atoms with Crippen molar-refractivity contribution in [1.29, 1.82) is 0 Å². The van der Waals surface area contributed by atoms with Crippen LogP contribution in [-0.4, -0.2) is 21.1 Å². The predicted octanol–water partition coefficient (Wildman–Crippen LogP) is 2.37. The SMILES string of the molecule is C=CCCNc1nc2ccc(Cl)cn2n1. The molecule has 2 heterocycles. The number of pyridine rings is 1. The molecule has 1 N–H and O–H groups in total. The molecule has 2 rings (SSSR count). The highest BCUT2D eigenvalue weighted by Crippen LogP contribution is 2.11. The van der Waals surface area contributed by atoms with Crippen LogP contribution in [0.3, 0.4) is 0 Å². The first kappa shape index (κ1) is 9.98. The van der Waals surface area contributed by atoms with E-state index in [1.807, 2.05) is 12.1 Å². The lowest BCUT2D eigenvalue weighted by Crippen LogP contribution is -2.01. The van der Waals surface area contributed by atoms with Gasteiger partial charge in [0, 0.05) is 12.7 Å². The van der Waals surface area contributed by atoms with Gasteiger partial charge in [-0.1, -0.05) is 17.7 Å². The second-order valence-electron chi connectivity index (χ2n) is 3.09. The first-order valence-electron chi connectivity index (χ1n) is 4.66. The number of anilines is 1. The van der Waals surface area contributed by atoms with E-state index in [0.29, 0.717) is 11.0 Å². The molecule has 2 aromatic rings. The molecular weight excluding hydrogens is 212 g/mol. The van der Waals surface area contributed by atoms with Crippen molar-refractivity contribution in [2.45, 2.75) is 6.42 Å². The van der Waals surface area contributed by atoms with Gasteiger partial charge in [0.05, 0.1) is 5.02 Å². The molecule has 0 atom stereocenters. The van der Waals surface area contributed by atoms with Crippen LogP contribution in [-0.2, 0) is 0 Å². The molecule has 2 aromatic heterocycles. The minimum atomic E-state index is 0.610. The molecule has 0 spiro atoms. The van der Waals surface area contributed by atoms with Crippen molar-refractivity contribution in [2.75, 3.05) is 11.9 Å². The summed E-state index contributed by atoms with van der Waals surface area (Å²) in [6.07, 6.45) is 4.46. The van der Waals surface area contributed by atoms with Gasteiger partial charge >= 0.3 is 0 Å². The molecule has 0 aliphatic carbocycles. The van der Waals surface area contributed by atoms with Gasteiger partial charge in [-0.15, -0.1) is 11.7 Å². The van der Waals surface area contributed by atoms with Crippen molar-refractivity contribution in [3.63, 3.8) is 0 Å². The van der Waals surface area contributed by atoms with Crippen molar-refractivity contribution >= 4 is 23.2 Å². The van der Waals surface area contributed by atoms with Gasteiger partial charge in [-0.2, -0.15) is 4.98 Å². The summed E-state index contributed by atoms with van der Waals surface area (Å²) in [5, 5.41) is 7.96. The van der Waals surface area contributed by atoms with Crippen LogP contribution >= 0.6 is 11.6 Å². The van der Waals surface area contributed by atoms with Crippen LogP contribution in [0.1, 0.15) is 6.42 Å². The number of nitrogens with zero attached hydrogens (tertiary/aromatic N) is 3. The summed E-state index contributed by atoms with van der Waals surface area (Å²) in [6, 6.07) is 3.62. The Labute approximate surface area is 92.6 Å². The van der Waals surface area contributed by atoms with Crippen molar-refractivity contribution in [2.24, 2.45) is 0 Å². The highest BCUT2D eigenvalue weighted by molar-refractivity contribution is 6.30. The largest absolute Gasteiger partial charge is 0.353 e. The molecular formula is C10H11ClN4. The van der Waals surface area contributed by atoms with Crippen molar-refractivity contribution < 1.29 is 0 Å². The third-order valence-corrected chi connectivity index (χ3v) is 2.15. The Morgan fingerprint density at radius 3 is 3.20 bits per heavy atom. The number of hydrogen-bond donors (Lipinski definition) is 1. The van der Waals surface area contributed by atoms with Gasteiger partial charge < -0.3 is 5.32 Å². The minimum Gasteiger partial charge on any atom is -0.353 e. The van der Waals surface area contributed by atoms with Gasteiger partial charge in [0.2, 0.25) is 5.95 Å². The van der Waals surface area contributed by atoms with Crippen molar-refractivity contribution in [3.05, 3.63) is 36.0 Å². The molecule has 0 fully saturated rings. The molecule has 78 valence electrons. The van der Waals surface area contributed by atoms with Gasteiger partial charge in [-0.25, -0.2) is 4.52 Å². The molecule has 5 heteroatoms. The van der Waals surface area contributed by atoms with Crippen LogP contribution in [0.2, 0.25) is 5.02 Å². The maximum absolute atomic E-state index is 5.83. The zero-order chi connectivity index (χ0) is 10.7. The van der Waals surface area contributed by atoms with Gasteiger partial charge in [-0.3, -0.25) is 0 Å². The van der Waals surface area contributed by atoms with Crippen LogP contribution in [0.4, 0.5) is 5.95 Å². The average molecular weight is 223 g/mol. The van der Waals surface area contributed by atoms with Gasteiger partial charge in [0.1, 0.15) is 0 Å². The van der Waals surface area contributed by atoms with Gasteiger partial charge in [0.25, 0.3) is 0 Å². The first-order chi connectivity index (χ1) is 7.29. The molecule has 0 aliphatic heterocycles. The Morgan fingerprint density at radius 1 is 1.53 bits per heavy atom. The lowest BCUT2D eigenvalue weighted by atomic mass is 10.4.